The van der Waals surface area contributed by atoms with Crippen molar-refractivity contribution in [3.8, 4) is 5.75 Å². The maximum Gasteiger partial charge on any atom is 0.329 e. The lowest BCUT2D eigenvalue weighted by atomic mass is 9.90. The molecule has 0 saturated carbocycles. The first-order valence-corrected chi connectivity index (χ1v) is 9.00. The van der Waals surface area contributed by atoms with Gasteiger partial charge in [0.05, 0.1) is 0 Å². The quantitative estimate of drug-likeness (QED) is 0.712. The van der Waals surface area contributed by atoms with Gasteiger partial charge in [-0.25, -0.2) is 4.79 Å². The number of aromatic amines is 1. The SMILES string of the molecule is O=C(OCc1ccccc1)C1c2[nH]c3ccc(O)cc3c2C2CCN1C2. The number of phenolic OH excluding ortho intramolecular Hbond substituents is 1. The topological polar surface area (TPSA) is 65.6 Å². The van der Waals surface area contributed by atoms with Crippen LogP contribution < -0.4 is 0 Å². The van der Waals surface area contributed by atoms with E-state index in [0.717, 1.165) is 41.7 Å². The van der Waals surface area contributed by atoms with E-state index in [4.69, 9.17) is 4.74 Å². The summed E-state index contributed by atoms with van der Waals surface area (Å²) in [6, 6.07) is 14.7. The summed E-state index contributed by atoms with van der Waals surface area (Å²) >= 11 is 0. The third-order valence-electron chi connectivity index (χ3n) is 5.57. The molecule has 1 aromatic heterocycles. The second-order valence-corrected chi connectivity index (χ2v) is 7.16. The smallest absolute Gasteiger partial charge is 0.329 e. The molecular formula is C21H20N2O3. The highest BCUT2D eigenvalue weighted by Crippen LogP contribution is 2.46. The number of nitrogens with one attached hydrogen (secondary N) is 1. The Hall–Kier alpha value is -2.79. The van der Waals surface area contributed by atoms with Crippen LogP contribution in [0.2, 0.25) is 0 Å². The zero-order valence-corrected chi connectivity index (χ0v) is 14.3. The molecule has 3 heterocycles. The van der Waals surface area contributed by atoms with Crippen molar-refractivity contribution in [2.45, 2.75) is 25.0 Å². The highest BCUT2D eigenvalue weighted by Gasteiger charge is 2.44. The summed E-state index contributed by atoms with van der Waals surface area (Å²) in [4.78, 5) is 18.6. The van der Waals surface area contributed by atoms with E-state index in [2.05, 4.69) is 9.88 Å². The first-order valence-electron chi connectivity index (χ1n) is 9.00. The van der Waals surface area contributed by atoms with E-state index < -0.39 is 6.04 Å². The Kier molecular flexibility index (Phi) is 3.50. The molecule has 0 amide bonds. The van der Waals surface area contributed by atoms with Crippen molar-refractivity contribution in [1.29, 1.82) is 0 Å². The van der Waals surface area contributed by atoms with Crippen molar-refractivity contribution in [2.75, 3.05) is 13.1 Å². The number of nitrogens with zero attached hydrogens (tertiary/aromatic N) is 1. The van der Waals surface area contributed by atoms with Crippen molar-refractivity contribution >= 4 is 16.9 Å². The minimum atomic E-state index is -0.401. The number of rotatable bonds is 3. The molecule has 2 aromatic carbocycles. The fraction of sp³-hybridized carbons (Fsp3) is 0.286. The van der Waals surface area contributed by atoms with Crippen LogP contribution in [0, 0.1) is 0 Å². The Morgan fingerprint density at radius 3 is 2.92 bits per heavy atom. The van der Waals surface area contributed by atoms with Crippen LogP contribution in [-0.4, -0.2) is 34.0 Å². The van der Waals surface area contributed by atoms with Crippen molar-refractivity contribution < 1.29 is 14.6 Å². The third kappa shape index (κ3) is 2.39. The largest absolute Gasteiger partial charge is 0.508 e. The lowest BCUT2D eigenvalue weighted by Gasteiger charge is -2.30. The molecule has 0 spiro atoms. The summed E-state index contributed by atoms with van der Waals surface area (Å²) in [5, 5.41) is 10.9. The molecule has 5 nitrogen and oxygen atoms in total. The van der Waals surface area contributed by atoms with E-state index in [1.54, 1.807) is 12.1 Å². The van der Waals surface area contributed by atoms with Gasteiger partial charge >= 0.3 is 5.97 Å². The first kappa shape index (κ1) is 15.5. The number of benzene rings is 2. The van der Waals surface area contributed by atoms with E-state index >= 15 is 0 Å². The van der Waals surface area contributed by atoms with Gasteiger partial charge in [-0.05, 0) is 42.3 Å². The summed E-state index contributed by atoms with van der Waals surface area (Å²) in [6.07, 6.45) is 1.03. The van der Waals surface area contributed by atoms with Crippen LogP contribution in [0.1, 0.15) is 35.2 Å². The van der Waals surface area contributed by atoms with Crippen molar-refractivity contribution in [3.63, 3.8) is 0 Å². The average Bonchev–Trinajstić information content (AvgIpc) is 3.23. The van der Waals surface area contributed by atoms with Gasteiger partial charge in [0, 0.05) is 29.1 Å². The van der Waals surface area contributed by atoms with Crippen LogP contribution in [0.25, 0.3) is 10.9 Å². The van der Waals surface area contributed by atoms with E-state index in [1.165, 1.54) is 5.56 Å². The van der Waals surface area contributed by atoms with Gasteiger partial charge in [0.25, 0.3) is 0 Å². The van der Waals surface area contributed by atoms with E-state index in [0.29, 0.717) is 5.92 Å². The standard InChI is InChI=1S/C21H20N2O3/c24-15-6-7-17-16(10-15)18-14-8-9-23(11-14)20(19(18)22-17)21(25)26-12-13-4-2-1-3-5-13/h1-7,10,14,20,22,24H,8-9,11-12H2. The minimum absolute atomic E-state index is 0.216. The maximum atomic E-state index is 12.9. The number of aromatic hydroxyl groups is 1. The molecule has 3 aromatic rings. The summed E-state index contributed by atoms with van der Waals surface area (Å²) in [5.74, 6) is 0.438. The van der Waals surface area contributed by atoms with Crippen molar-refractivity contribution in [2.24, 2.45) is 0 Å². The zero-order valence-electron chi connectivity index (χ0n) is 14.3. The van der Waals surface area contributed by atoms with Crippen LogP contribution in [0.5, 0.6) is 5.75 Å². The number of phenols is 1. The van der Waals surface area contributed by atoms with Crippen LogP contribution in [0.15, 0.2) is 48.5 Å². The summed E-state index contributed by atoms with van der Waals surface area (Å²) in [5.41, 5.74) is 4.05. The number of esters is 1. The Labute approximate surface area is 151 Å². The summed E-state index contributed by atoms with van der Waals surface area (Å²) in [7, 11) is 0. The zero-order chi connectivity index (χ0) is 17.7. The summed E-state index contributed by atoms with van der Waals surface area (Å²) in [6.45, 7) is 2.03. The Balaban J connectivity index is 1.50. The molecule has 0 radical (unpaired) electrons. The van der Waals surface area contributed by atoms with Gasteiger partial charge in [-0.3, -0.25) is 4.90 Å². The fourth-order valence-corrected chi connectivity index (χ4v) is 4.39. The molecule has 1 fully saturated rings. The molecule has 5 rings (SSSR count). The number of carbonyl (C=O) groups is 1. The van der Waals surface area contributed by atoms with Gasteiger partial charge in [0.15, 0.2) is 0 Å². The molecule has 3 unspecified atom stereocenters. The average molecular weight is 348 g/mol. The van der Waals surface area contributed by atoms with Gasteiger partial charge in [-0.2, -0.15) is 0 Å². The van der Waals surface area contributed by atoms with Gasteiger partial charge < -0.3 is 14.8 Å². The Morgan fingerprint density at radius 2 is 2.08 bits per heavy atom. The van der Waals surface area contributed by atoms with E-state index in [1.807, 2.05) is 36.4 Å². The van der Waals surface area contributed by atoms with E-state index in [-0.39, 0.29) is 18.3 Å². The minimum Gasteiger partial charge on any atom is -0.508 e. The van der Waals surface area contributed by atoms with Crippen LogP contribution in [-0.2, 0) is 16.1 Å². The van der Waals surface area contributed by atoms with Crippen LogP contribution >= 0.6 is 0 Å². The summed E-state index contributed by atoms with van der Waals surface area (Å²) < 4.78 is 5.64. The predicted octanol–water partition coefficient (Wildman–Crippen LogP) is 3.46. The van der Waals surface area contributed by atoms with Crippen LogP contribution in [0.4, 0.5) is 0 Å². The van der Waals surface area contributed by atoms with Crippen LogP contribution in [0.3, 0.4) is 0 Å². The van der Waals surface area contributed by atoms with Crippen molar-refractivity contribution in [3.05, 3.63) is 65.4 Å². The van der Waals surface area contributed by atoms with E-state index in [9.17, 15) is 9.90 Å². The molecule has 0 aliphatic carbocycles. The van der Waals surface area contributed by atoms with Crippen molar-refractivity contribution in [1.82, 2.24) is 9.88 Å². The second kappa shape index (κ2) is 5.88. The Morgan fingerprint density at radius 1 is 1.23 bits per heavy atom. The molecule has 2 N–H and O–H groups in total. The number of hydrogen-bond donors (Lipinski definition) is 2. The number of carbonyl (C=O) groups excluding carboxylic acids is 1. The molecular weight excluding hydrogens is 328 g/mol. The number of fused-ring (bicyclic) bond motifs is 6. The normalized spacial score (nSPS) is 23.8. The molecule has 2 bridgehead atoms. The lowest BCUT2D eigenvalue weighted by molar-refractivity contribution is -0.151. The number of H-pyrrole nitrogens is 1. The number of ether oxygens (including phenoxy) is 1. The lowest BCUT2D eigenvalue weighted by Crippen LogP contribution is -2.37. The predicted molar refractivity (Wildman–Crippen MR) is 97.9 cm³/mol. The second-order valence-electron chi connectivity index (χ2n) is 7.16. The van der Waals surface area contributed by atoms with Gasteiger partial charge in [-0.1, -0.05) is 30.3 Å². The third-order valence-corrected chi connectivity index (χ3v) is 5.57. The Bertz CT molecular complexity index is 980. The highest BCUT2D eigenvalue weighted by molar-refractivity contribution is 5.90. The number of hydrogen-bond acceptors (Lipinski definition) is 4. The number of aromatic nitrogens is 1. The maximum absolute atomic E-state index is 12.9. The van der Waals surface area contributed by atoms with Gasteiger partial charge in [0.1, 0.15) is 18.4 Å². The first-order chi connectivity index (χ1) is 12.7. The molecule has 5 heteroatoms. The van der Waals surface area contributed by atoms with Gasteiger partial charge in [0.2, 0.25) is 0 Å². The van der Waals surface area contributed by atoms with Gasteiger partial charge in [-0.15, -0.1) is 0 Å². The monoisotopic (exact) mass is 348 g/mol. The molecule has 132 valence electrons. The molecule has 26 heavy (non-hydrogen) atoms. The molecule has 3 atom stereocenters. The fourth-order valence-electron chi connectivity index (χ4n) is 4.39. The molecule has 2 aliphatic heterocycles. The highest BCUT2D eigenvalue weighted by atomic mass is 16.5. The molecule has 2 aliphatic rings. The molecule has 1 saturated heterocycles.